The molecule has 1 spiro atoms. The van der Waals surface area contributed by atoms with Crippen molar-refractivity contribution < 1.29 is 0 Å². The van der Waals surface area contributed by atoms with Gasteiger partial charge in [0.1, 0.15) is 17.2 Å². The second-order valence-corrected chi connectivity index (χ2v) is 11.9. The Labute approximate surface area is 240 Å². The van der Waals surface area contributed by atoms with Crippen LogP contribution in [-0.4, -0.2) is 37.6 Å². The predicted molar refractivity (Wildman–Crippen MR) is 157 cm³/mol. The molecule has 0 radical (unpaired) electrons. The number of halogens is 1. The number of fused-ring (bicyclic) bond motifs is 2. The minimum Gasteiger partial charge on any atom is -0.355 e. The van der Waals surface area contributed by atoms with Gasteiger partial charge in [-0.2, -0.15) is 0 Å². The lowest BCUT2D eigenvalue weighted by atomic mass is 9.73. The molecule has 3 aromatic heterocycles. The van der Waals surface area contributed by atoms with E-state index in [2.05, 4.69) is 44.1 Å². The summed E-state index contributed by atoms with van der Waals surface area (Å²) < 4.78 is 1.45. The van der Waals surface area contributed by atoms with Crippen LogP contribution in [0.4, 0.5) is 5.82 Å². The molecule has 1 atom stereocenters. The number of hydrogen-bond acceptors (Lipinski definition) is 8. The average molecular weight is 568 g/mol. The zero-order valence-electron chi connectivity index (χ0n) is 21.6. The Hall–Kier alpha value is -3.79. The number of piperidine rings is 1. The van der Waals surface area contributed by atoms with Gasteiger partial charge < -0.3 is 10.6 Å². The minimum absolute atomic E-state index is 0.0890. The number of benzene rings is 2. The average Bonchev–Trinajstić information content (AvgIpc) is 3.26. The van der Waals surface area contributed by atoms with E-state index in [1.54, 1.807) is 36.8 Å². The Morgan fingerprint density at radius 2 is 1.82 bits per heavy atom. The standard InChI is InChI=1S/C30H26ClN7OS/c31-27-23(8-7-22-26(27)29(39)38(18-36-22)20-5-3-11-33-15-20)40-25-17-34-24(16-35-25)37-12-9-30(10-13-37)14-19-4-1-2-6-21(19)28(30)32/h1-8,11,15-18,28H,9-10,12-14,32H2/t28-/m1/s1. The van der Waals surface area contributed by atoms with Crippen LogP contribution < -0.4 is 16.2 Å². The summed E-state index contributed by atoms with van der Waals surface area (Å²) in [5, 5.41) is 1.40. The molecule has 8 nitrogen and oxygen atoms in total. The zero-order chi connectivity index (χ0) is 27.3. The third-order valence-electron chi connectivity index (χ3n) is 8.26. The van der Waals surface area contributed by atoms with E-state index in [0.29, 0.717) is 31.5 Å². The first-order valence-electron chi connectivity index (χ1n) is 13.2. The van der Waals surface area contributed by atoms with Crippen LogP contribution in [0.25, 0.3) is 16.6 Å². The number of anilines is 1. The van der Waals surface area contributed by atoms with Crippen molar-refractivity contribution >= 4 is 40.1 Å². The summed E-state index contributed by atoms with van der Waals surface area (Å²) in [6, 6.07) is 15.9. The molecule has 1 aliphatic carbocycles. The van der Waals surface area contributed by atoms with Crippen LogP contribution in [0, 0.1) is 5.41 Å². The van der Waals surface area contributed by atoms with Gasteiger partial charge in [-0.05, 0) is 60.1 Å². The number of pyridine rings is 1. The lowest BCUT2D eigenvalue weighted by Gasteiger charge is -2.42. The Kier molecular flexibility index (Phi) is 6.30. The maximum Gasteiger partial charge on any atom is 0.267 e. The highest BCUT2D eigenvalue weighted by molar-refractivity contribution is 7.99. The van der Waals surface area contributed by atoms with Crippen LogP contribution >= 0.6 is 23.4 Å². The molecule has 1 aliphatic heterocycles. The molecule has 40 heavy (non-hydrogen) atoms. The lowest BCUT2D eigenvalue weighted by molar-refractivity contribution is 0.187. The van der Waals surface area contributed by atoms with E-state index in [9.17, 15) is 4.79 Å². The quantitative estimate of drug-likeness (QED) is 0.315. The normalized spacial score (nSPS) is 17.9. The minimum atomic E-state index is -0.250. The van der Waals surface area contributed by atoms with Crippen molar-refractivity contribution in [2.75, 3.05) is 18.0 Å². The summed E-state index contributed by atoms with van der Waals surface area (Å²) in [5.41, 5.74) is 10.5. The number of nitrogens with zero attached hydrogens (tertiary/aromatic N) is 6. The van der Waals surface area contributed by atoms with E-state index in [4.69, 9.17) is 22.3 Å². The monoisotopic (exact) mass is 567 g/mol. The molecule has 2 aromatic carbocycles. The Balaban J connectivity index is 1.08. The summed E-state index contributed by atoms with van der Waals surface area (Å²) in [4.78, 5) is 34.2. The van der Waals surface area contributed by atoms with Crippen molar-refractivity contribution in [2.45, 2.75) is 35.2 Å². The first-order chi connectivity index (χ1) is 19.5. The van der Waals surface area contributed by atoms with Crippen LogP contribution in [0.2, 0.25) is 5.02 Å². The van der Waals surface area contributed by atoms with Crippen LogP contribution in [0.5, 0.6) is 0 Å². The van der Waals surface area contributed by atoms with Crippen LogP contribution in [0.3, 0.4) is 0 Å². The van der Waals surface area contributed by atoms with Crippen LogP contribution in [-0.2, 0) is 6.42 Å². The van der Waals surface area contributed by atoms with E-state index in [1.165, 1.54) is 33.8 Å². The third-order valence-corrected chi connectivity index (χ3v) is 9.74. The van der Waals surface area contributed by atoms with Gasteiger partial charge in [-0.3, -0.25) is 14.3 Å². The second-order valence-electron chi connectivity index (χ2n) is 10.4. The topological polar surface area (TPSA) is 103 Å². The molecule has 7 rings (SSSR count). The largest absolute Gasteiger partial charge is 0.355 e. The first-order valence-corrected chi connectivity index (χ1v) is 14.4. The molecule has 0 saturated carbocycles. The summed E-state index contributed by atoms with van der Waals surface area (Å²) >= 11 is 8.13. The molecular formula is C30H26ClN7OS. The molecular weight excluding hydrogens is 542 g/mol. The number of hydrogen-bond donors (Lipinski definition) is 1. The number of rotatable bonds is 4. The van der Waals surface area contributed by atoms with Crippen molar-refractivity contribution in [1.82, 2.24) is 24.5 Å². The van der Waals surface area contributed by atoms with E-state index >= 15 is 0 Å². The van der Waals surface area contributed by atoms with Gasteiger partial charge in [0.15, 0.2) is 0 Å². The molecule has 2 N–H and O–H groups in total. The Bertz CT molecular complexity index is 1770. The number of aromatic nitrogens is 5. The molecule has 4 heterocycles. The second kappa shape index (κ2) is 9.99. The van der Waals surface area contributed by atoms with Gasteiger partial charge in [0.2, 0.25) is 0 Å². The highest BCUT2D eigenvalue weighted by Crippen LogP contribution is 2.50. The highest BCUT2D eigenvalue weighted by atomic mass is 35.5. The molecule has 0 unspecified atom stereocenters. The van der Waals surface area contributed by atoms with E-state index in [-0.39, 0.29) is 17.0 Å². The van der Waals surface area contributed by atoms with E-state index in [1.807, 2.05) is 12.3 Å². The highest BCUT2D eigenvalue weighted by Gasteiger charge is 2.45. The molecule has 10 heteroatoms. The zero-order valence-corrected chi connectivity index (χ0v) is 23.1. The van der Waals surface area contributed by atoms with E-state index in [0.717, 1.165) is 38.2 Å². The molecule has 1 fully saturated rings. The third kappa shape index (κ3) is 4.25. The maximum atomic E-state index is 13.3. The van der Waals surface area contributed by atoms with Gasteiger partial charge >= 0.3 is 0 Å². The van der Waals surface area contributed by atoms with Crippen LogP contribution in [0.1, 0.15) is 30.0 Å². The smallest absolute Gasteiger partial charge is 0.267 e. The van der Waals surface area contributed by atoms with Gasteiger partial charge in [-0.25, -0.2) is 15.0 Å². The van der Waals surface area contributed by atoms with Crippen molar-refractivity contribution in [2.24, 2.45) is 11.1 Å². The fourth-order valence-corrected chi connectivity index (χ4v) is 7.15. The van der Waals surface area contributed by atoms with Gasteiger partial charge in [-0.15, -0.1) is 0 Å². The van der Waals surface area contributed by atoms with Crippen molar-refractivity contribution in [1.29, 1.82) is 0 Å². The van der Waals surface area contributed by atoms with Crippen molar-refractivity contribution in [3.05, 3.63) is 106 Å². The fraction of sp³-hybridized carbons (Fsp3) is 0.233. The van der Waals surface area contributed by atoms with Gasteiger partial charge in [0.25, 0.3) is 5.56 Å². The first kappa shape index (κ1) is 25.2. The predicted octanol–water partition coefficient (Wildman–Crippen LogP) is 5.22. The van der Waals surface area contributed by atoms with Gasteiger partial charge in [0.05, 0.1) is 40.2 Å². The van der Waals surface area contributed by atoms with Crippen molar-refractivity contribution in [3.8, 4) is 5.69 Å². The van der Waals surface area contributed by atoms with Gasteiger partial charge in [0, 0.05) is 30.2 Å². The maximum absolute atomic E-state index is 13.3. The van der Waals surface area contributed by atoms with Crippen LogP contribution in [0.15, 0.2) is 94.4 Å². The SMILES string of the molecule is N[C@@H]1c2ccccc2CC12CCN(c1cnc(Sc3ccc4ncn(-c5cccnc5)c(=O)c4c3Cl)cn1)CC2. The molecule has 1 saturated heterocycles. The summed E-state index contributed by atoms with van der Waals surface area (Å²) in [5.74, 6) is 0.858. The molecule has 0 bridgehead atoms. The Morgan fingerprint density at radius 1 is 0.975 bits per heavy atom. The lowest BCUT2D eigenvalue weighted by Crippen LogP contribution is -2.44. The molecule has 200 valence electrons. The summed E-state index contributed by atoms with van der Waals surface area (Å²) in [6.07, 6.45) is 11.4. The summed E-state index contributed by atoms with van der Waals surface area (Å²) in [6.45, 7) is 1.80. The molecule has 0 amide bonds. The fourth-order valence-electron chi connectivity index (χ4n) is 6.03. The van der Waals surface area contributed by atoms with E-state index < -0.39 is 0 Å². The summed E-state index contributed by atoms with van der Waals surface area (Å²) in [7, 11) is 0. The molecule has 5 aromatic rings. The number of nitrogens with two attached hydrogens (primary N) is 1. The Morgan fingerprint density at radius 3 is 2.58 bits per heavy atom. The molecule has 2 aliphatic rings. The van der Waals surface area contributed by atoms with Crippen molar-refractivity contribution in [3.63, 3.8) is 0 Å². The van der Waals surface area contributed by atoms with Gasteiger partial charge in [-0.1, -0.05) is 47.6 Å².